The van der Waals surface area contributed by atoms with E-state index in [4.69, 9.17) is 9.47 Å². The van der Waals surface area contributed by atoms with Crippen molar-refractivity contribution in [3.8, 4) is 5.75 Å². The summed E-state index contributed by atoms with van der Waals surface area (Å²) < 4.78 is 10.8. The third kappa shape index (κ3) is 7.94. The predicted molar refractivity (Wildman–Crippen MR) is 134 cm³/mol. The van der Waals surface area contributed by atoms with E-state index in [1.165, 1.54) is 0 Å². The molecule has 0 radical (unpaired) electrons. The summed E-state index contributed by atoms with van der Waals surface area (Å²) >= 11 is 0. The van der Waals surface area contributed by atoms with Crippen LogP contribution in [0.15, 0.2) is 78.9 Å². The number of benzene rings is 3. The first-order valence-corrected chi connectivity index (χ1v) is 11.4. The Hall–Kier alpha value is -3.84. The number of hydrogen-bond donors (Lipinski definition) is 3. The van der Waals surface area contributed by atoms with Gasteiger partial charge in [-0.15, -0.1) is 0 Å². The first-order valence-electron chi connectivity index (χ1n) is 11.4. The van der Waals surface area contributed by atoms with E-state index in [0.29, 0.717) is 31.1 Å². The molecule has 3 rings (SSSR count). The molecule has 0 aliphatic rings. The van der Waals surface area contributed by atoms with E-state index in [-0.39, 0.29) is 24.4 Å². The second-order valence-electron chi connectivity index (χ2n) is 7.65. The lowest BCUT2D eigenvalue weighted by Gasteiger charge is -2.14. The summed E-state index contributed by atoms with van der Waals surface area (Å²) in [4.78, 5) is 24.8. The Morgan fingerprint density at radius 2 is 1.53 bits per heavy atom. The first kappa shape index (κ1) is 24.8. The Morgan fingerprint density at radius 1 is 0.853 bits per heavy atom. The zero-order valence-corrected chi connectivity index (χ0v) is 19.5. The normalized spacial score (nSPS) is 11.4. The molecule has 0 fully saturated rings. The molecular weight excluding hydrogens is 430 g/mol. The van der Waals surface area contributed by atoms with E-state index in [1.807, 2.05) is 44.2 Å². The van der Waals surface area contributed by atoms with Crippen LogP contribution in [0.1, 0.15) is 35.8 Å². The van der Waals surface area contributed by atoms with Crippen molar-refractivity contribution in [2.24, 2.45) is 0 Å². The summed E-state index contributed by atoms with van der Waals surface area (Å²) in [6, 6.07) is 23.9. The van der Waals surface area contributed by atoms with Crippen molar-refractivity contribution in [3.63, 3.8) is 0 Å². The van der Waals surface area contributed by atoms with Gasteiger partial charge < -0.3 is 25.4 Å². The Bertz CT molecular complexity index is 1040. The van der Waals surface area contributed by atoms with Gasteiger partial charge in [0.15, 0.2) is 0 Å². The molecule has 178 valence electrons. The number of ether oxygens (including phenoxy) is 2. The van der Waals surface area contributed by atoms with Crippen LogP contribution in [-0.2, 0) is 9.53 Å². The van der Waals surface area contributed by atoms with Gasteiger partial charge in [-0.3, -0.25) is 9.59 Å². The van der Waals surface area contributed by atoms with E-state index >= 15 is 0 Å². The fourth-order valence-electron chi connectivity index (χ4n) is 3.23. The summed E-state index contributed by atoms with van der Waals surface area (Å²) in [6.45, 7) is 5.67. The van der Waals surface area contributed by atoms with Gasteiger partial charge in [0.05, 0.1) is 19.2 Å². The van der Waals surface area contributed by atoms with Gasteiger partial charge in [-0.05, 0) is 67.9 Å². The van der Waals surface area contributed by atoms with Crippen molar-refractivity contribution in [1.29, 1.82) is 0 Å². The highest BCUT2D eigenvalue weighted by Gasteiger charge is 2.11. The van der Waals surface area contributed by atoms with Crippen molar-refractivity contribution in [3.05, 3.63) is 90.0 Å². The number of anilines is 2. The Kier molecular flexibility index (Phi) is 9.49. The zero-order valence-electron chi connectivity index (χ0n) is 19.5. The molecule has 0 bridgehead atoms. The lowest BCUT2D eigenvalue weighted by molar-refractivity contribution is -0.114. The van der Waals surface area contributed by atoms with Crippen LogP contribution in [0.5, 0.6) is 5.75 Å². The summed E-state index contributed by atoms with van der Waals surface area (Å²) in [5.41, 5.74) is 3.04. The highest BCUT2D eigenvalue weighted by atomic mass is 16.5. The highest BCUT2D eigenvalue weighted by Crippen LogP contribution is 2.16. The number of carbonyl (C=O) groups excluding carboxylic acids is 2. The number of rotatable bonds is 12. The molecule has 0 aliphatic carbocycles. The van der Waals surface area contributed by atoms with Gasteiger partial charge in [0.2, 0.25) is 5.91 Å². The topological polar surface area (TPSA) is 88.7 Å². The smallest absolute Gasteiger partial charge is 0.251 e. The van der Waals surface area contributed by atoms with Crippen LogP contribution in [0.3, 0.4) is 0 Å². The molecule has 7 heteroatoms. The maximum Gasteiger partial charge on any atom is 0.251 e. The van der Waals surface area contributed by atoms with Crippen LogP contribution in [-0.4, -0.2) is 38.2 Å². The van der Waals surface area contributed by atoms with Gasteiger partial charge in [-0.1, -0.05) is 30.3 Å². The minimum absolute atomic E-state index is 0.0918. The van der Waals surface area contributed by atoms with E-state index in [1.54, 1.807) is 48.5 Å². The van der Waals surface area contributed by atoms with Crippen molar-refractivity contribution < 1.29 is 19.1 Å². The van der Waals surface area contributed by atoms with Crippen LogP contribution in [0.2, 0.25) is 0 Å². The molecule has 0 heterocycles. The molecule has 2 amide bonds. The molecule has 34 heavy (non-hydrogen) atoms. The zero-order chi connectivity index (χ0) is 24.2. The SMILES string of the molecule is CCOCCOc1ccc(NC(=O)CNc2ccc(C(=O)NC(C)c3ccccc3)cc2)cc1. The standard InChI is InChI=1S/C27H31N3O4/c1-3-33-17-18-34-25-15-13-24(14-16-25)30-26(31)19-28-23-11-9-22(10-12-23)27(32)29-20(2)21-7-5-4-6-8-21/h4-16,20,28H,3,17-19H2,1-2H3,(H,29,32)(H,30,31). The van der Waals surface area contributed by atoms with Crippen molar-refractivity contribution in [2.45, 2.75) is 19.9 Å². The van der Waals surface area contributed by atoms with Gasteiger partial charge >= 0.3 is 0 Å². The monoisotopic (exact) mass is 461 g/mol. The van der Waals surface area contributed by atoms with E-state index in [2.05, 4.69) is 16.0 Å². The predicted octanol–water partition coefficient (Wildman–Crippen LogP) is 4.64. The molecule has 7 nitrogen and oxygen atoms in total. The van der Waals surface area contributed by atoms with Crippen molar-refractivity contribution in [1.82, 2.24) is 5.32 Å². The van der Waals surface area contributed by atoms with Gasteiger partial charge in [0.1, 0.15) is 12.4 Å². The molecular formula is C27H31N3O4. The number of amides is 2. The van der Waals surface area contributed by atoms with Crippen molar-refractivity contribution in [2.75, 3.05) is 37.0 Å². The molecule has 3 N–H and O–H groups in total. The van der Waals surface area contributed by atoms with Crippen LogP contribution in [0.25, 0.3) is 0 Å². The minimum Gasteiger partial charge on any atom is -0.491 e. The molecule has 0 aliphatic heterocycles. The van der Waals surface area contributed by atoms with E-state index in [9.17, 15) is 9.59 Å². The Morgan fingerprint density at radius 3 is 2.21 bits per heavy atom. The maximum absolute atomic E-state index is 12.5. The average molecular weight is 462 g/mol. The largest absolute Gasteiger partial charge is 0.491 e. The summed E-state index contributed by atoms with van der Waals surface area (Å²) in [7, 11) is 0. The van der Waals surface area contributed by atoms with E-state index in [0.717, 1.165) is 17.0 Å². The molecule has 1 unspecified atom stereocenters. The fourth-order valence-corrected chi connectivity index (χ4v) is 3.23. The second-order valence-corrected chi connectivity index (χ2v) is 7.65. The van der Waals surface area contributed by atoms with Crippen LogP contribution < -0.4 is 20.7 Å². The summed E-state index contributed by atoms with van der Waals surface area (Å²) in [6.07, 6.45) is 0. The molecule has 3 aromatic carbocycles. The Balaban J connectivity index is 1.42. The quantitative estimate of drug-likeness (QED) is 0.342. The average Bonchev–Trinajstić information content (AvgIpc) is 2.87. The molecule has 0 saturated carbocycles. The first-order chi connectivity index (χ1) is 16.5. The third-order valence-electron chi connectivity index (χ3n) is 5.09. The molecule has 3 aromatic rings. The molecule has 1 atom stereocenters. The molecule has 0 saturated heterocycles. The van der Waals surface area contributed by atoms with Crippen molar-refractivity contribution >= 4 is 23.2 Å². The fraction of sp³-hybridized carbons (Fsp3) is 0.259. The van der Waals surface area contributed by atoms with Gasteiger partial charge in [-0.25, -0.2) is 0 Å². The third-order valence-corrected chi connectivity index (χ3v) is 5.09. The number of carbonyl (C=O) groups is 2. The summed E-state index contributed by atoms with van der Waals surface area (Å²) in [5, 5.41) is 8.89. The van der Waals surface area contributed by atoms with Gasteiger partial charge in [-0.2, -0.15) is 0 Å². The molecule has 0 aromatic heterocycles. The number of nitrogens with one attached hydrogen (secondary N) is 3. The maximum atomic E-state index is 12.5. The minimum atomic E-state index is -0.177. The summed E-state index contributed by atoms with van der Waals surface area (Å²) in [5.74, 6) is 0.396. The molecule has 0 spiro atoms. The second kappa shape index (κ2) is 13.0. The Labute approximate surface area is 200 Å². The van der Waals surface area contributed by atoms with Gasteiger partial charge in [0.25, 0.3) is 5.91 Å². The van der Waals surface area contributed by atoms with E-state index < -0.39 is 0 Å². The highest BCUT2D eigenvalue weighted by molar-refractivity contribution is 5.95. The lowest BCUT2D eigenvalue weighted by Crippen LogP contribution is -2.26. The van der Waals surface area contributed by atoms with Crippen LogP contribution in [0, 0.1) is 0 Å². The number of hydrogen-bond acceptors (Lipinski definition) is 5. The van der Waals surface area contributed by atoms with Gasteiger partial charge in [0, 0.05) is 23.5 Å². The van der Waals surface area contributed by atoms with Crippen LogP contribution >= 0.6 is 0 Å². The lowest BCUT2D eigenvalue weighted by atomic mass is 10.1. The van der Waals surface area contributed by atoms with Crippen LogP contribution in [0.4, 0.5) is 11.4 Å².